The van der Waals surface area contributed by atoms with Crippen molar-refractivity contribution in [2.45, 2.75) is 0 Å². The van der Waals surface area contributed by atoms with Crippen molar-refractivity contribution in [3.8, 4) is 12.3 Å². The van der Waals surface area contributed by atoms with Crippen LogP contribution in [0.2, 0.25) is 0 Å². The lowest BCUT2D eigenvalue weighted by molar-refractivity contribution is -0.138. The zero-order chi connectivity index (χ0) is 11.1. The van der Waals surface area contributed by atoms with E-state index in [1.54, 1.807) is 0 Å². The van der Waals surface area contributed by atoms with E-state index in [0.29, 0.717) is 0 Å². The Labute approximate surface area is 97.9 Å². The normalized spacial score (nSPS) is 11.0. The second-order valence-corrected chi connectivity index (χ2v) is 3.49. The number of halogens is 2. The molecule has 0 heterocycles. The van der Waals surface area contributed by atoms with Crippen LogP contribution in [0.4, 0.5) is 0 Å². The first kappa shape index (κ1) is 13.2. The fraction of sp³-hybridized carbons (Fsp3) is 0.250. The standard InChI is InChI=1S/C8H6Br2O4/c1-3-4-14-8(12)6(10)5(9)7(11)13-2/h1H,4H2,2H3/b6-5+. The van der Waals surface area contributed by atoms with E-state index < -0.39 is 11.9 Å². The minimum absolute atomic E-state index is 0.0537. The predicted molar refractivity (Wildman–Crippen MR) is 56.7 cm³/mol. The molecule has 0 amide bonds. The van der Waals surface area contributed by atoms with Crippen molar-refractivity contribution in [1.82, 2.24) is 0 Å². The summed E-state index contributed by atoms with van der Waals surface area (Å²) < 4.78 is 8.79. The van der Waals surface area contributed by atoms with Gasteiger partial charge in [-0.1, -0.05) is 5.92 Å². The Balaban J connectivity index is 4.58. The monoisotopic (exact) mass is 324 g/mol. The van der Waals surface area contributed by atoms with Crippen LogP contribution in [0.25, 0.3) is 0 Å². The number of methoxy groups -OCH3 is 1. The minimum atomic E-state index is -0.736. The molecule has 4 nitrogen and oxygen atoms in total. The van der Waals surface area contributed by atoms with Gasteiger partial charge in [-0.3, -0.25) is 0 Å². The molecule has 0 aromatic heterocycles. The van der Waals surface area contributed by atoms with Gasteiger partial charge in [0.2, 0.25) is 0 Å². The van der Waals surface area contributed by atoms with Crippen molar-refractivity contribution < 1.29 is 19.1 Å². The van der Waals surface area contributed by atoms with Crippen molar-refractivity contribution >= 4 is 43.8 Å². The first-order valence-corrected chi connectivity index (χ1v) is 4.87. The molecule has 0 rings (SSSR count). The van der Waals surface area contributed by atoms with Crippen LogP contribution < -0.4 is 0 Å². The summed E-state index contributed by atoms with van der Waals surface area (Å²) in [6.07, 6.45) is 4.88. The third-order valence-corrected chi connectivity index (χ3v) is 3.00. The van der Waals surface area contributed by atoms with E-state index in [2.05, 4.69) is 47.3 Å². The van der Waals surface area contributed by atoms with Crippen LogP contribution in [0.5, 0.6) is 0 Å². The van der Waals surface area contributed by atoms with E-state index in [4.69, 9.17) is 6.42 Å². The number of esters is 2. The van der Waals surface area contributed by atoms with Gasteiger partial charge >= 0.3 is 11.9 Å². The Morgan fingerprint density at radius 2 is 1.79 bits per heavy atom. The van der Waals surface area contributed by atoms with Gasteiger partial charge in [0.15, 0.2) is 6.61 Å². The van der Waals surface area contributed by atoms with Crippen LogP contribution >= 0.6 is 31.9 Å². The van der Waals surface area contributed by atoms with Crippen molar-refractivity contribution in [3.63, 3.8) is 0 Å². The zero-order valence-corrected chi connectivity index (χ0v) is 10.3. The average Bonchev–Trinajstić information content (AvgIpc) is 2.22. The number of hydrogen-bond acceptors (Lipinski definition) is 4. The van der Waals surface area contributed by atoms with Crippen LogP contribution in [-0.2, 0) is 19.1 Å². The fourth-order valence-corrected chi connectivity index (χ4v) is 1.04. The smallest absolute Gasteiger partial charge is 0.347 e. The Kier molecular flexibility index (Phi) is 6.25. The summed E-state index contributed by atoms with van der Waals surface area (Å²) in [4.78, 5) is 22.0. The van der Waals surface area contributed by atoms with Crippen molar-refractivity contribution in [3.05, 3.63) is 8.96 Å². The quantitative estimate of drug-likeness (QED) is 0.446. The summed E-state index contributed by atoms with van der Waals surface area (Å²) in [5, 5.41) is 0. The fourth-order valence-electron chi connectivity index (χ4n) is 0.439. The van der Waals surface area contributed by atoms with Crippen LogP contribution in [-0.4, -0.2) is 25.7 Å². The lowest BCUT2D eigenvalue weighted by atomic mass is 10.5. The molecule has 0 spiro atoms. The van der Waals surface area contributed by atoms with Gasteiger partial charge in [-0.15, -0.1) is 6.42 Å². The topological polar surface area (TPSA) is 52.6 Å². The van der Waals surface area contributed by atoms with E-state index in [0.717, 1.165) is 0 Å². The van der Waals surface area contributed by atoms with Crippen LogP contribution in [0.1, 0.15) is 0 Å². The molecule has 14 heavy (non-hydrogen) atoms. The van der Waals surface area contributed by atoms with Gasteiger partial charge in [0.25, 0.3) is 0 Å². The largest absolute Gasteiger partial charge is 0.465 e. The van der Waals surface area contributed by atoms with E-state index in [1.165, 1.54) is 7.11 Å². The van der Waals surface area contributed by atoms with Gasteiger partial charge in [0.05, 0.1) is 7.11 Å². The van der Waals surface area contributed by atoms with E-state index in [1.807, 2.05) is 0 Å². The summed E-state index contributed by atoms with van der Waals surface area (Å²) in [7, 11) is 1.19. The molecular weight excluding hydrogens is 320 g/mol. The number of terminal acetylenes is 1. The molecule has 0 aliphatic carbocycles. The molecule has 0 atom stereocenters. The van der Waals surface area contributed by atoms with E-state index >= 15 is 0 Å². The molecule has 0 fully saturated rings. The molecule has 6 heteroatoms. The number of rotatable bonds is 3. The van der Waals surface area contributed by atoms with Crippen LogP contribution in [0.3, 0.4) is 0 Å². The Hall–Kier alpha value is -0.800. The molecule has 0 aliphatic heterocycles. The molecule has 0 bridgehead atoms. The minimum Gasteiger partial charge on any atom is -0.465 e. The van der Waals surface area contributed by atoms with Crippen LogP contribution in [0, 0.1) is 12.3 Å². The summed E-state index contributed by atoms with van der Waals surface area (Å²) in [5.41, 5.74) is 0. The third kappa shape index (κ3) is 3.94. The maximum Gasteiger partial charge on any atom is 0.347 e. The van der Waals surface area contributed by atoms with Gasteiger partial charge < -0.3 is 9.47 Å². The summed E-state index contributed by atoms with van der Waals surface area (Å²) >= 11 is 5.74. The molecule has 0 aromatic rings. The molecule has 0 saturated carbocycles. The third-order valence-electron chi connectivity index (χ3n) is 1.02. The van der Waals surface area contributed by atoms with Gasteiger partial charge in [0, 0.05) is 0 Å². The molecule has 0 saturated heterocycles. The lowest BCUT2D eigenvalue weighted by Crippen LogP contribution is -2.09. The SMILES string of the molecule is C#CCOC(=O)/C(Br)=C(\Br)C(=O)OC. The van der Waals surface area contributed by atoms with E-state index in [9.17, 15) is 9.59 Å². The maximum atomic E-state index is 11.1. The highest BCUT2D eigenvalue weighted by Gasteiger charge is 2.18. The van der Waals surface area contributed by atoms with Crippen LogP contribution in [0.15, 0.2) is 8.96 Å². The van der Waals surface area contributed by atoms with Crippen molar-refractivity contribution in [1.29, 1.82) is 0 Å². The Morgan fingerprint density at radius 1 is 1.29 bits per heavy atom. The first-order valence-electron chi connectivity index (χ1n) is 3.28. The van der Waals surface area contributed by atoms with Gasteiger partial charge in [-0.25, -0.2) is 9.59 Å². The lowest BCUT2D eigenvalue weighted by Gasteiger charge is -2.01. The number of carbonyl (C=O) groups excluding carboxylic acids is 2. The molecule has 0 unspecified atom stereocenters. The summed E-state index contributed by atoms with van der Waals surface area (Å²) in [6, 6.07) is 0. The number of carbonyl (C=O) groups is 2. The molecule has 0 radical (unpaired) electrons. The molecular formula is C8H6Br2O4. The predicted octanol–water partition coefficient (Wildman–Crippen LogP) is 1.34. The number of hydrogen-bond donors (Lipinski definition) is 0. The maximum absolute atomic E-state index is 11.1. The highest BCUT2D eigenvalue weighted by atomic mass is 79.9. The summed E-state index contributed by atoms with van der Waals surface area (Å²) in [6.45, 7) is -0.157. The second-order valence-electron chi connectivity index (χ2n) is 1.90. The highest BCUT2D eigenvalue weighted by molar-refractivity contribution is 9.14. The average molecular weight is 326 g/mol. The highest BCUT2D eigenvalue weighted by Crippen LogP contribution is 2.20. The van der Waals surface area contributed by atoms with Gasteiger partial charge in [-0.05, 0) is 31.9 Å². The Bertz CT molecular complexity index is 314. The van der Waals surface area contributed by atoms with Gasteiger partial charge in [-0.2, -0.15) is 0 Å². The Morgan fingerprint density at radius 3 is 2.21 bits per heavy atom. The van der Waals surface area contributed by atoms with E-state index in [-0.39, 0.29) is 15.6 Å². The zero-order valence-electron chi connectivity index (χ0n) is 7.17. The molecule has 0 aromatic carbocycles. The molecule has 0 aliphatic rings. The van der Waals surface area contributed by atoms with Crippen molar-refractivity contribution in [2.24, 2.45) is 0 Å². The van der Waals surface area contributed by atoms with Gasteiger partial charge in [0.1, 0.15) is 8.96 Å². The molecule has 0 N–H and O–H groups in total. The first-order chi connectivity index (χ1) is 6.54. The molecule has 76 valence electrons. The number of ether oxygens (including phenoxy) is 2. The van der Waals surface area contributed by atoms with Crippen molar-refractivity contribution in [2.75, 3.05) is 13.7 Å². The second kappa shape index (κ2) is 6.62. The summed E-state index contributed by atoms with van der Waals surface area (Å²) in [5.74, 6) is 0.696.